The maximum absolute atomic E-state index is 6.39. The van der Waals surface area contributed by atoms with E-state index in [0.717, 1.165) is 33.6 Å². The van der Waals surface area contributed by atoms with Crippen LogP contribution in [0.5, 0.6) is 0 Å². The summed E-state index contributed by atoms with van der Waals surface area (Å²) in [5.41, 5.74) is 2.86. The Labute approximate surface area is 134 Å². The molecule has 1 aromatic carbocycles. The summed E-state index contributed by atoms with van der Waals surface area (Å²) in [6.07, 6.45) is 9.63. The normalized spacial score (nSPS) is 29.3. The van der Waals surface area contributed by atoms with Gasteiger partial charge in [0.25, 0.3) is 0 Å². The van der Waals surface area contributed by atoms with E-state index in [2.05, 4.69) is 14.1 Å². The molecule has 5 heteroatoms. The van der Waals surface area contributed by atoms with E-state index in [9.17, 15) is 0 Å². The van der Waals surface area contributed by atoms with Gasteiger partial charge >= 0.3 is 0 Å². The fourth-order valence-electron chi connectivity index (χ4n) is 4.17. The van der Waals surface area contributed by atoms with E-state index in [-0.39, 0.29) is 0 Å². The predicted molar refractivity (Wildman–Crippen MR) is 89.1 cm³/mol. The second kappa shape index (κ2) is 5.73. The standard InChI is InChI=1S/C16H20ClN3S/c17-13-7-8-14-16(20-21-19-14)15(13)18-12-6-5-10-3-1-2-4-11(10)9-12/h7-8,10-12,18H,1-6,9H2. The number of aromatic nitrogens is 2. The number of hydrogen-bond donors (Lipinski definition) is 1. The highest BCUT2D eigenvalue weighted by molar-refractivity contribution is 7.00. The van der Waals surface area contributed by atoms with Crippen molar-refractivity contribution in [3.63, 3.8) is 0 Å². The first-order chi connectivity index (χ1) is 10.3. The molecule has 2 fully saturated rings. The molecule has 0 radical (unpaired) electrons. The summed E-state index contributed by atoms with van der Waals surface area (Å²) in [5, 5.41) is 4.45. The third-order valence-corrected chi connectivity index (χ3v) is 6.12. The predicted octanol–water partition coefficient (Wildman–Crippen LogP) is 5.12. The van der Waals surface area contributed by atoms with Crippen LogP contribution in [-0.2, 0) is 0 Å². The molecule has 0 spiro atoms. The summed E-state index contributed by atoms with van der Waals surface area (Å²) in [4.78, 5) is 0. The number of hydrogen-bond acceptors (Lipinski definition) is 4. The van der Waals surface area contributed by atoms with E-state index >= 15 is 0 Å². The highest BCUT2D eigenvalue weighted by Gasteiger charge is 2.32. The molecule has 2 aromatic rings. The zero-order chi connectivity index (χ0) is 14.2. The minimum atomic E-state index is 0.536. The van der Waals surface area contributed by atoms with Crippen LogP contribution in [0.25, 0.3) is 11.0 Å². The topological polar surface area (TPSA) is 37.8 Å². The van der Waals surface area contributed by atoms with Crippen molar-refractivity contribution >= 4 is 40.0 Å². The zero-order valence-electron chi connectivity index (χ0n) is 12.0. The first-order valence-corrected chi connectivity index (χ1v) is 9.09. The molecular weight excluding hydrogens is 302 g/mol. The van der Waals surface area contributed by atoms with Gasteiger partial charge in [0, 0.05) is 6.04 Å². The molecule has 3 nitrogen and oxygen atoms in total. The minimum Gasteiger partial charge on any atom is -0.379 e. The van der Waals surface area contributed by atoms with E-state index in [1.807, 2.05) is 12.1 Å². The molecule has 0 amide bonds. The van der Waals surface area contributed by atoms with Gasteiger partial charge in [-0.1, -0.05) is 37.3 Å². The number of halogens is 1. The monoisotopic (exact) mass is 321 g/mol. The lowest BCUT2D eigenvalue weighted by atomic mass is 9.69. The number of nitrogens with zero attached hydrogens (tertiary/aromatic N) is 2. The van der Waals surface area contributed by atoms with Crippen LogP contribution in [0.4, 0.5) is 5.69 Å². The lowest BCUT2D eigenvalue weighted by molar-refractivity contribution is 0.162. The van der Waals surface area contributed by atoms with Crippen molar-refractivity contribution in [3.05, 3.63) is 17.2 Å². The molecule has 1 N–H and O–H groups in total. The molecule has 0 saturated heterocycles. The van der Waals surface area contributed by atoms with Crippen molar-refractivity contribution in [2.24, 2.45) is 11.8 Å². The second-order valence-electron chi connectivity index (χ2n) is 6.51. The van der Waals surface area contributed by atoms with Crippen LogP contribution in [0.1, 0.15) is 44.9 Å². The van der Waals surface area contributed by atoms with Crippen LogP contribution < -0.4 is 5.32 Å². The summed E-state index contributed by atoms with van der Waals surface area (Å²) < 4.78 is 8.72. The molecule has 2 aliphatic carbocycles. The number of nitrogens with one attached hydrogen (secondary N) is 1. The average Bonchev–Trinajstić information content (AvgIpc) is 2.99. The van der Waals surface area contributed by atoms with E-state index in [0.29, 0.717) is 6.04 Å². The summed E-state index contributed by atoms with van der Waals surface area (Å²) in [6, 6.07) is 4.42. The molecule has 112 valence electrons. The van der Waals surface area contributed by atoms with Crippen molar-refractivity contribution in [2.75, 3.05) is 5.32 Å². The Kier molecular flexibility index (Phi) is 3.76. The summed E-state index contributed by atoms with van der Waals surface area (Å²) >= 11 is 7.65. The SMILES string of the molecule is Clc1ccc2nsnc2c1NC1CCC2CCCCC2C1. The molecule has 1 heterocycles. The van der Waals surface area contributed by atoms with Crippen molar-refractivity contribution < 1.29 is 0 Å². The molecule has 2 saturated carbocycles. The van der Waals surface area contributed by atoms with Gasteiger partial charge < -0.3 is 5.32 Å². The lowest BCUT2D eigenvalue weighted by Gasteiger charge is -2.39. The molecular formula is C16H20ClN3S. The Morgan fingerprint density at radius 1 is 1.05 bits per heavy atom. The number of benzene rings is 1. The first kappa shape index (κ1) is 13.8. The van der Waals surface area contributed by atoms with Crippen LogP contribution in [0.2, 0.25) is 5.02 Å². The molecule has 21 heavy (non-hydrogen) atoms. The fourth-order valence-corrected chi connectivity index (χ4v) is 4.92. The van der Waals surface area contributed by atoms with Crippen molar-refractivity contribution in [1.29, 1.82) is 0 Å². The molecule has 3 unspecified atom stereocenters. The molecule has 0 aliphatic heterocycles. The quantitative estimate of drug-likeness (QED) is 0.834. The Morgan fingerprint density at radius 3 is 2.81 bits per heavy atom. The molecule has 4 rings (SSSR count). The number of anilines is 1. The van der Waals surface area contributed by atoms with Crippen LogP contribution in [0.15, 0.2) is 12.1 Å². The summed E-state index contributed by atoms with van der Waals surface area (Å²) in [7, 11) is 0. The highest BCUT2D eigenvalue weighted by Crippen LogP contribution is 2.42. The average molecular weight is 322 g/mol. The van der Waals surface area contributed by atoms with Crippen LogP contribution >= 0.6 is 23.3 Å². The van der Waals surface area contributed by atoms with Gasteiger partial charge in [0.05, 0.1) is 22.4 Å². The van der Waals surface area contributed by atoms with Gasteiger partial charge in [-0.25, -0.2) is 0 Å². The maximum atomic E-state index is 6.39. The Bertz CT molecular complexity index is 641. The van der Waals surface area contributed by atoms with E-state index in [1.54, 1.807) is 0 Å². The van der Waals surface area contributed by atoms with Crippen molar-refractivity contribution in [1.82, 2.24) is 8.75 Å². The van der Waals surface area contributed by atoms with Gasteiger partial charge in [-0.2, -0.15) is 8.75 Å². The third-order valence-electron chi connectivity index (χ3n) is 5.27. The van der Waals surface area contributed by atoms with Gasteiger partial charge in [-0.05, 0) is 43.2 Å². The van der Waals surface area contributed by atoms with Crippen LogP contribution in [-0.4, -0.2) is 14.8 Å². The number of rotatable bonds is 2. The van der Waals surface area contributed by atoms with Crippen LogP contribution in [0, 0.1) is 11.8 Å². The van der Waals surface area contributed by atoms with Crippen molar-refractivity contribution in [2.45, 2.75) is 51.0 Å². The smallest absolute Gasteiger partial charge is 0.129 e. The summed E-state index contributed by atoms with van der Waals surface area (Å²) in [5.74, 6) is 1.89. The fraction of sp³-hybridized carbons (Fsp3) is 0.625. The molecule has 0 bridgehead atoms. The third kappa shape index (κ3) is 2.64. The van der Waals surface area contributed by atoms with Gasteiger partial charge in [0.15, 0.2) is 0 Å². The second-order valence-corrected chi connectivity index (χ2v) is 7.45. The first-order valence-electron chi connectivity index (χ1n) is 7.98. The van der Waals surface area contributed by atoms with Gasteiger partial charge in [-0.15, -0.1) is 0 Å². The van der Waals surface area contributed by atoms with Gasteiger partial charge in [0.2, 0.25) is 0 Å². The summed E-state index contributed by atoms with van der Waals surface area (Å²) in [6.45, 7) is 0. The molecule has 1 aromatic heterocycles. The Balaban J connectivity index is 1.55. The van der Waals surface area contributed by atoms with E-state index in [1.165, 1.54) is 56.7 Å². The van der Waals surface area contributed by atoms with Gasteiger partial charge in [0.1, 0.15) is 11.0 Å². The Morgan fingerprint density at radius 2 is 1.90 bits per heavy atom. The Hall–Kier alpha value is -0.870. The molecule has 2 aliphatic rings. The van der Waals surface area contributed by atoms with Crippen molar-refractivity contribution in [3.8, 4) is 0 Å². The van der Waals surface area contributed by atoms with E-state index < -0.39 is 0 Å². The highest BCUT2D eigenvalue weighted by atomic mass is 35.5. The maximum Gasteiger partial charge on any atom is 0.129 e. The number of fused-ring (bicyclic) bond motifs is 2. The largest absolute Gasteiger partial charge is 0.379 e. The van der Waals surface area contributed by atoms with Gasteiger partial charge in [-0.3, -0.25) is 0 Å². The minimum absolute atomic E-state index is 0.536. The van der Waals surface area contributed by atoms with E-state index in [4.69, 9.17) is 11.6 Å². The molecule has 3 atom stereocenters. The lowest BCUT2D eigenvalue weighted by Crippen LogP contribution is -2.34. The van der Waals surface area contributed by atoms with Crippen LogP contribution in [0.3, 0.4) is 0 Å². The zero-order valence-corrected chi connectivity index (χ0v) is 13.6.